The molecule has 0 atom stereocenters. The number of thiazole rings is 1. The Bertz CT molecular complexity index is 1780. The molecule has 2 amide bonds. The van der Waals surface area contributed by atoms with Crippen LogP contribution in [0.5, 0.6) is 0 Å². The topological polar surface area (TPSA) is 81.7 Å². The third-order valence-electron chi connectivity index (χ3n) is 8.84. The Morgan fingerprint density at radius 1 is 0.956 bits per heavy atom. The van der Waals surface area contributed by atoms with Crippen molar-refractivity contribution in [2.75, 3.05) is 49.5 Å². The van der Waals surface area contributed by atoms with Gasteiger partial charge in [-0.1, -0.05) is 30.4 Å². The monoisotopic (exact) mass is 634 g/mol. The minimum absolute atomic E-state index is 0.0136. The van der Waals surface area contributed by atoms with Crippen molar-refractivity contribution in [2.24, 2.45) is 5.92 Å². The summed E-state index contributed by atoms with van der Waals surface area (Å²) in [6.45, 7) is 7.08. The maximum Gasteiger partial charge on any atom is 0.416 e. The Labute approximate surface area is 262 Å². The van der Waals surface area contributed by atoms with Gasteiger partial charge in [-0.2, -0.15) is 13.2 Å². The van der Waals surface area contributed by atoms with Gasteiger partial charge >= 0.3 is 6.18 Å². The molecule has 1 saturated carbocycles. The van der Waals surface area contributed by atoms with E-state index in [0.717, 1.165) is 62.8 Å². The molecule has 3 aliphatic rings. The standard InChI is InChI=1S/C33H33F3N6O2S/c1-2-40-11-13-41(14-12-40)19-20-15-24(17-25(16-20)33(34,35)36)31(44)42-10-9-21-3-6-23(18-28(21)42)26-7-8-27-30(37-26)45-32(38-27)39-29(43)22-4-5-22/h3,6-8,15-18,22H,2,4-5,9-14,19H2,1H3,(H,38,39,43). The first-order valence-electron chi connectivity index (χ1n) is 15.3. The Morgan fingerprint density at radius 2 is 1.73 bits per heavy atom. The van der Waals surface area contributed by atoms with Crippen molar-refractivity contribution < 1.29 is 22.8 Å². The van der Waals surface area contributed by atoms with E-state index in [0.29, 0.717) is 51.9 Å². The average Bonchev–Trinajstić information content (AvgIpc) is 3.68. The number of hydrogen-bond acceptors (Lipinski definition) is 7. The van der Waals surface area contributed by atoms with Crippen molar-refractivity contribution in [1.82, 2.24) is 19.8 Å². The van der Waals surface area contributed by atoms with Gasteiger partial charge in [0.15, 0.2) is 5.13 Å². The van der Waals surface area contributed by atoms with Gasteiger partial charge in [0.2, 0.25) is 5.91 Å². The SMILES string of the molecule is CCN1CCN(Cc2cc(C(=O)N3CCc4ccc(-c5ccc6nc(NC(=O)C7CC7)sc6n5)cc43)cc(C(F)(F)F)c2)CC1. The third-order valence-corrected chi connectivity index (χ3v) is 9.72. The molecule has 0 unspecified atom stereocenters. The fourth-order valence-corrected chi connectivity index (χ4v) is 6.92. The van der Waals surface area contributed by atoms with E-state index in [4.69, 9.17) is 4.98 Å². The maximum absolute atomic E-state index is 14.0. The Kier molecular flexibility index (Phi) is 7.83. The molecule has 0 bridgehead atoms. The summed E-state index contributed by atoms with van der Waals surface area (Å²) in [7, 11) is 0. The van der Waals surface area contributed by atoms with Crippen molar-refractivity contribution in [1.29, 1.82) is 0 Å². The number of pyridine rings is 1. The fraction of sp³-hybridized carbons (Fsp3) is 0.394. The van der Waals surface area contributed by atoms with E-state index in [-0.39, 0.29) is 17.4 Å². The zero-order valence-corrected chi connectivity index (χ0v) is 25.7. The van der Waals surface area contributed by atoms with Crippen LogP contribution in [0, 0.1) is 5.92 Å². The molecule has 234 valence electrons. The lowest BCUT2D eigenvalue weighted by Gasteiger charge is -2.34. The summed E-state index contributed by atoms with van der Waals surface area (Å²) in [5.41, 5.74) is 3.49. The van der Waals surface area contributed by atoms with Crippen molar-refractivity contribution in [3.63, 3.8) is 0 Å². The highest BCUT2D eigenvalue weighted by Gasteiger charge is 2.34. The first-order valence-corrected chi connectivity index (χ1v) is 16.2. The van der Waals surface area contributed by atoms with Crippen molar-refractivity contribution in [3.8, 4) is 11.3 Å². The van der Waals surface area contributed by atoms with Gasteiger partial charge in [0.25, 0.3) is 5.91 Å². The van der Waals surface area contributed by atoms with Crippen LogP contribution in [0.25, 0.3) is 21.6 Å². The van der Waals surface area contributed by atoms with Crippen LogP contribution in [-0.2, 0) is 23.9 Å². The average molecular weight is 635 g/mol. The Balaban J connectivity index is 1.14. The largest absolute Gasteiger partial charge is 0.416 e. The second-order valence-electron chi connectivity index (χ2n) is 12.0. The number of anilines is 2. The van der Waals surface area contributed by atoms with E-state index in [1.54, 1.807) is 11.0 Å². The number of piperazine rings is 1. The molecule has 0 radical (unpaired) electrons. The van der Waals surface area contributed by atoms with Gasteiger partial charge < -0.3 is 15.1 Å². The smallest absolute Gasteiger partial charge is 0.308 e. The molecule has 1 aliphatic carbocycles. The lowest BCUT2D eigenvalue weighted by Crippen LogP contribution is -2.45. The van der Waals surface area contributed by atoms with Crippen molar-refractivity contribution in [2.45, 2.75) is 38.9 Å². The van der Waals surface area contributed by atoms with Crippen LogP contribution in [0.4, 0.5) is 24.0 Å². The number of likely N-dealkylation sites (N-methyl/N-ethyl adjacent to an activating group) is 1. The highest BCUT2D eigenvalue weighted by molar-refractivity contribution is 7.22. The molecule has 7 rings (SSSR count). The summed E-state index contributed by atoms with van der Waals surface area (Å²) in [6.07, 6.45) is -2.14. The van der Waals surface area contributed by atoms with Crippen LogP contribution in [0.3, 0.4) is 0 Å². The van der Waals surface area contributed by atoms with Crippen LogP contribution in [0.15, 0.2) is 48.5 Å². The summed E-state index contributed by atoms with van der Waals surface area (Å²) in [5, 5.41) is 3.39. The summed E-state index contributed by atoms with van der Waals surface area (Å²) < 4.78 is 41.9. The van der Waals surface area contributed by atoms with Crippen molar-refractivity contribution >= 4 is 44.3 Å². The second kappa shape index (κ2) is 11.8. The van der Waals surface area contributed by atoms with Crippen LogP contribution >= 0.6 is 11.3 Å². The normalized spacial score (nSPS) is 17.6. The first-order chi connectivity index (χ1) is 21.6. The lowest BCUT2D eigenvalue weighted by atomic mass is 10.0. The number of alkyl halides is 3. The number of carbonyl (C=O) groups excluding carboxylic acids is 2. The second-order valence-corrected chi connectivity index (χ2v) is 13.0. The van der Waals surface area contributed by atoms with Gasteiger partial charge in [-0.15, -0.1) is 0 Å². The lowest BCUT2D eigenvalue weighted by molar-refractivity contribution is -0.137. The minimum atomic E-state index is -4.57. The summed E-state index contributed by atoms with van der Waals surface area (Å²) in [4.78, 5) is 42.0. The number of amides is 2. The molecule has 0 spiro atoms. The van der Waals surface area contributed by atoms with Gasteiger partial charge in [0.05, 0.1) is 11.3 Å². The number of hydrogen-bond donors (Lipinski definition) is 1. The summed E-state index contributed by atoms with van der Waals surface area (Å²) in [6, 6.07) is 13.2. The van der Waals surface area contributed by atoms with Crippen LogP contribution in [0.1, 0.15) is 46.8 Å². The van der Waals surface area contributed by atoms with Gasteiger partial charge in [-0.3, -0.25) is 14.5 Å². The number of rotatable bonds is 7. The minimum Gasteiger partial charge on any atom is -0.308 e. The predicted molar refractivity (Wildman–Crippen MR) is 168 cm³/mol. The molecule has 45 heavy (non-hydrogen) atoms. The highest BCUT2D eigenvalue weighted by atomic mass is 32.1. The van der Waals surface area contributed by atoms with Crippen LogP contribution < -0.4 is 10.2 Å². The van der Waals surface area contributed by atoms with E-state index in [1.165, 1.54) is 17.4 Å². The molecule has 2 aliphatic heterocycles. The zero-order chi connectivity index (χ0) is 31.3. The van der Waals surface area contributed by atoms with E-state index in [1.807, 2.05) is 30.3 Å². The molecular weight excluding hydrogens is 601 g/mol. The number of carbonyl (C=O) groups is 2. The highest BCUT2D eigenvalue weighted by Crippen LogP contribution is 2.37. The molecule has 4 heterocycles. The quantitative estimate of drug-likeness (QED) is 0.266. The molecule has 8 nitrogen and oxygen atoms in total. The Hall–Kier alpha value is -3.87. The number of benzene rings is 2. The maximum atomic E-state index is 14.0. The van der Waals surface area contributed by atoms with Gasteiger partial charge in [0.1, 0.15) is 10.3 Å². The van der Waals surface area contributed by atoms with Gasteiger partial charge in [-0.25, -0.2) is 9.97 Å². The van der Waals surface area contributed by atoms with E-state index in [9.17, 15) is 22.8 Å². The number of nitrogens with one attached hydrogen (secondary N) is 1. The molecule has 12 heteroatoms. The fourth-order valence-electron chi connectivity index (χ4n) is 6.08. The molecule has 2 fully saturated rings. The number of nitrogens with zero attached hydrogens (tertiary/aromatic N) is 5. The molecular formula is C33H33F3N6O2S. The molecule has 4 aromatic rings. The number of fused-ring (bicyclic) bond motifs is 2. The van der Waals surface area contributed by atoms with Crippen LogP contribution in [-0.4, -0.2) is 70.9 Å². The number of halogens is 3. The summed E-state index contributed by atoms with van der Waals surface area (Å²) in [5.74, 6) is -0.391. The summed E-state index contributed by atoms with van der Waals surface area (Å²) >= 11 is 1.31. The molecule has 1 N–H and O–H groups in total. The van der Waals surface area contributed by atoms with Gasteiger partial charge in [-0.05, 0) is 73.3 Å². The molecule has 2 aromatic heterocycles. The Morgan fingerprint density at radius 3 is 2.47 bits per heavy atom. The van der Waals surface area contributed by atoms with E-state index in [2.05, 4.69) is 27.0 Å². The zero-order valence-electron chi connectivity index (χ0n) is 24.9. The van der Waals surface area contributed by atoms with Crippen LogP contribution in [0.2, 0.25) is 0 Å². The predicted octanol–water partition coefficient (Wildman–Crippen LogP) is 6.07. The third kappa shape index (κ3) is 6.31. The number of aromatic nitrogens is 2. The van der Waals surface area contributed by atoms with Crippen molar-refractivity contribution in [3.05, 3.63) is 70.8 Å². The van der Waals surface area contributed by atoms with E-state index >= 15 is 0 Å². The first kappa shape index (κ1) is 29.8. The molecule has 1 saturated heterocycles. The van der Waals surface area contributed by atoms with Gasteiger partial charge in [0, 0.05) is 62.0 Å². The molecule has 2 aromatic carbocycles. The van der Waals surface area contributed by atoms with E-state index < -0.39 is 17.6 Å².